The van der Waals surface area contributed by atoms with Crippen LogP contribution in [0.3, 0.4) is 0 Å². The van der Waals surface area contributed by atoms with Gasteiger partial charge in [0.05, 0.1) is 14.9 Å². The van der Waals surface area contributed by atoms with Crippen molar-refractivity contribution in [2.75, 3.05) is 7.05 Å². The summed E-state index contributed by atoms with van der Waals surface area (Å²) < 4.78 is 62.0. The average Bonchev–Trinajstić information content (AvgIpc) is 2.67. The van der Waals surface area contributed by atoms with Gasteiger partial charge in [0.2, 0.25) is 0 Å². The molecule has 1 unspecified atom stereocenters. The van der Waals surface area contributed by atoms with E-state index in [1.165, 1.54) is 18.7 Å². The number of hydrogen-bond donors (Lipinski definition) is 0. The van der Waals surface area contributed by atoms with Crippen molar-refractivity contribution in [3.8, 4) is 0 Å². The van der Waals surface area contributed by atoms with Crippen molar-refractivity contribution in [1.29, 1.82) is 0 Å². The third-order valence-electron chi connectivity index (χ3n) is 1.86. The minimum absolute atomic E-state index is 0.183. The van der Waals surface area contributed by atoms with Crippen molar-refractivity contribution in [2.24, 2.45) is 0 Å². The molecule has 5 nitrogen and oxygen atoms in total. The first-order valence-electron chi connectivity index (χ1n) is 5.10. The van der Waals surface area contributed by atoms with Gasteiger partial charge in [0.25, 0.3) is 0 Å². The second-order valence-corrected chi connectivity index (χ2v) is 6.79. The van der Waals surface area contributed by atoms with E-state index in [0.29, 0.717) is 0 Å². The van der Waals surface area contributed by atoms with E-state index in [1.807, 2.05) is 24.3 Å². The van der Waals surface area contributed by atoms with Crippen molar-refractivity contribution in [2.45, 2.75) is 0 Å². The number of amides is 1. The first kappa shape index (κ1) is 17.6. The van der Waals surface area contributed by atoms with E-state index in [1.54, 1.807) is 7.05 Å². The molecule has 0 fully saturated rings. The van der Waals surface area contributed by atoms with Gasteiger partial charge in [-0.2, -0.15) is 4.68 Å². The van der Waals surface area contributed by atoms with Crippen LogP contribution < -0.4 is 0 Å². The van der Waals surface area contributed by atoms with Crippen molar-refractivity contribution in [1.82, 2.24) is 19.7 Å². The molecule has 0 aliphatic heterocycles. The van der Waals surface area contributed by atoms with Crippen molar-refractivity contribution in [3.63, 3.8) is 0 Å². The van der Waals surface area contributed by atoms with Gasteiger partial charge in [0, 0.05) is 7.05 Å². The Kier molecular flexibility index (Phi) is 4.00. The molecule has 1 heterocycles. The van der Waals surface area contributed by atoms with Crippen LogP contribution in [0.25, 0.3) is 11.0 Å². The van der Waals surface area contributed by atoms with E-state index in [-0.39, 0.29) is 6.03 Å². The quantitative estimate of drug-likeness (QED) is 0.525. The topological polar surface area (TPSA) is 51.0 Å². The predicted octanol–water partition coefficient (Wildman–Crippen LogP) is 4.24. The molecule has 1 aromatic heterocycles. The molecule has 1 atom stereocenters. The molecule has 21 heavy (non-hydrogen) atoms. The molecular weight excluding hydrogens is 344 g/mol. The van der Waals surface area contributed by atoms with Crippen LogP contribution in [0.5, 0.6) is 0 Å². The molecule has 13 heteroatoms. The molecular formula is C8H10F6N4OP2. The van der Waals surface area contributed by atoms with Gasteiger partial charge in [-0.05, 0) is 12.1 Å². The summed E-state index contributed by atoms with van der Waals surface area (Å²) in [5.74, 6) is 0. The number of rotatable bonds is 0. The molecule has 0 spiro atoms. The van der Waals surface area contributed by atoms with Crippen molar-refractivity contribution < 1.29 is 30.0 Å². The second kappa shape index (κ2) is 4.78. The minimum atomic E-state index is -10.7. The number of carbonyl (C=O) groups excluding carboxylic acids is 1. The number of fused-ring (bicyclic) bond motifs is 1. The van der Waals surface area contributed by atoms with E-state index >= 15 is 0 Å². The Morgan fingerprint density at radius 3 is 2.14 bits per heavy atom. The summed E-state index contributed by atoms with van der Waals surface area (Å²) >= 11 is 0. The maximum absolute atomic E-state index is 11.6. The molecule has 0 aliphatic rings. The van der Waals surface area contributed by atoms with E-state index in [9.17, 15) is 30.0 Å². The fourth-order valence-electron chi connectivity index (χ4n) is 1.17. The average molecular weight is 354 g/mol. The number of para-hydroxylation sites is 1. The zero-order valence-corrected chi connectivity index (χ0v) is 12.7. The third-order valence-corrected chi connectivity index (χ3v) is 2.13. The summed E-state index contributed by atoms with van der Waals surface area (Å²) in [6, 6.07) is 7.18. The normalized spacial score (nSPS) is 14.8. The van der Waals surface area contributed by atoms with Crippen LogP contribution in [0.2, 0.25) is 0 Å². The number of aromatic nitrogens is 3. The number of nitrogens with zero attached hydrogens (tertiary/aromatic N) is 4. The van der Waals surface area contributed by atoms with E-state index in [0.717, 1.165) is 11.0 Å². The molecule has 0 bridgehead atoms. The molecule has 0 saturated carbocycles. The number of hydrogen-bond acceptors (Lipinski definition) is 3. The molecule has 0 aliphatic carbocycles. The Hall–Kier alpha value is -1.47. The van der Waals surface area contributed by atoms with Gasteiger partial charge < -0.3 is 0 Å². The van der Waals surface area contributed by atoms with Crippen LogP contribution in [0.1, 0.15) is 0 Å². The van der Waals surface area contributed by atoms with E-state index in [4.69, 9.17) is 0 Å². The van der Waals surface area contributed by atoms with Gasteiger partial charge in [-0.1, -0.05) is 17.3 Å². The Balaban J connectivity index is 0.000000270. The summed E-state index contributed by atoms with van der Waals surface area (Å²) in [6.45, 7) is 0. The zero-order chi connectivity index (χ0) is 16.5. The molecule has 120 valence electrons. The molecule has 1 aromatic carbocycles. The van der Waals surface area contributed by atoms with Crippen molar-refractivity contribution in [3.05, 3.63) is 24.3 Å². The van der Waals surface area contributed by atoms with Crippen LogP contribution >= 0.6 is 17.2 Å². The third kappa shape index (κ3) is 7.19. The van der Waals surface area contributed by atoms with Crippen LogP contribution in [0.4, 0.5) is 30.0 Å². The van der Waals surface area contributed by atoms with Gasteiger partial charge in [0.15, 0.2) is 0 Å². The van der Waals surface area contributed by atoms with Crippen LogP contribution in [-0.4, -0.2) is 32.7 Å². The fourth-order valence-corrected chi connectivity index (χ4v) is 1.31. The van der Waals surface area contributed by atoms with Gasteiger partial charge in [-0.25, -0.2) is 9.46 Å². The van der Waals surface area contributed by atoms with E-state index in [2.05, 4.69) is 10.3 Å². The zero-order valence-electron chi connectivity index (χ0n) is 10.4. The SMILES string of the molecule is CN([PH3+])C(=O)n1nnc2ccccc21.F[P-](F)(F)(F)(F)F. The number of halogens is 6. The molecule has 1 amide bonds. The van der Waals surface area contributed by atoms with E-state index < -0.39 is 7.81 Å². The molecule has 0 saturated heterocycles. The van der Waals surface area contributed by atoms with Crippen molar-refractivity contribution >= 4 is 34.3 Å². The molecule has 2 aromatic rings. The fraction of sp³-hybridized carbons (Fsp3) is 0.125. The standard InChI is InChI=1S/C8H9N4OP.F6P/c1-11(14)8(13)12-7-5-3-2-4-6(7)9-10-12;1-7(2,3,4,5)6/h2-5H,14H2,1H3;/q;-1/p+1. The number of carbonyl (C=O) groups is 1. The Bertz CT molecular complexity index is 656. The molecule has 0 radical (unpaired) electrons. The van der Waals surface area contributed by atoms with Gasteiger partial charge in [-0.15, -0.1) is 5.10 Å². The summed E-state index contributed by atoms with van der Waals surface area (Å²) in [5, 5.41) is 7.69. The van der Waals surface area contributed by atoms with Crippen LogP contribution in [0, 0.1) is 0 Å². The molecule has 2 rings (SSSR count). The van der Waals surface area contributed by atoms with Crippen LogP contribution in [-0.2, 0) is 0 Å². The van der Waals surface area contributed by atoms with Crippen LogP contribution in [0.15, 0.2) is 24.3 Å². The number of benzene rings is 1. The Labute approximate surface area is 116 Å². The second-order valence-electron chi connectivity index (χ2n) is 3.93. The maximum atomic E-state index is 11.6. The monoisotopic (exact) mass is 354 g/mol. The van der Waals surface area contributed by atoms with Gasteiger partial charge in [0.1, 0.15) is 5.52 Å². The molecule has 0 N–H and O–H groups in total. The van der Waals surface area contributed by atoms with Gasteiger partial charge >= 0.3 is 39.0 Å². The summed E-state index contributed by atoms with van der Waals surface area (Å²) in [5.41, 5.74) is 1.46. The first-order chi connectivity index (χ1) is 9.15. The first-order valence-corrected chi connectivity index (χ1v) is 7.76. The summed E-state index contributed by atoms with van der Waals surface area (Å²) in [6.07, 6.45) is 0. The summed E-state index contributed by atoms with van der Waals surface area (Å²) in [4.78, 5) is 11.6. The Morgan fingerprint density at radius 2 is 1.67 bits per heavy atom. The summed E-state index contributed by atoms with van der Waals surface area (Å²) in [7, 11) is -7.49. The Morgan fingerprint density at radius 1 is 1.19 bits per heavy atom. The van der Waals surface area contributed by atoms with Gasteiger partial charge in [-0.3, -0.25) is 0 Å². The predicted molar refractivity (Wildman–Crippen MR) is 70.8 cm³/mol.